The molecular formula is C37H61NO14. The van der Waals surface area contributed by atoms with E-state index in [-0.39, 0.29) is 37.5 Å². The molecular weight excluding hydrogens is 682 g/mol. The summed E-state index contributed by atoms with van der Waals surface area (Å²) in [5.41, 5.74) is 0.879. The fourth-order valence-electron chi connectivity index (χ4n) is 4.66. The van der Waals surface area contributed by atoms with E-state index in [1.54, 1.807) is 24.3 Å². The molecule has 1 aliphatic rings. The van der Waals surface area contributed by atoms with E-state index < -0.39 is 0 Å². The number of hydrogen-bond donors (Lipinski definition) is 0. The predicted molar refractivity (Wildman–Crippen MR) is 190 cm³/mol. The second kappa shape index (κ2) is 33.0. The van der Waals surface area contributed by atoms with Crippen molar-refractivity contribution >= 4 is 17.8 Å². The number of hydrogen-bond acceptors (Lipinski definition) is 14. The molecule has 52 heavy (non-hydrogen) atoms. The summed E-state index contributed by atoms with van der Waals surface area (Å²) in [5.74, 6) is -0.720. The molecule has 0 saturated heterocycles. The van der Waals surface area contributed by atoms with Crippen LogP contribution in [0.2, 0.25) is 0 Å². The van der Waals surface area contributed by atoms with E-state index in [1.807, 2.05) is 0 Å². The van der Waals surface area contributed by atoms with E-state index in [0.717, 1.165) is 25.7 Å². The summed E-state index contributed by atoms with van der Waals surface area (Å²) in [6.07, 6.45) is 4.73. The Balaban J connectivity index is 1.17. The van der Waals surface area contributed by atoms with Crippen LogP contribution >= 0.6 is 0 Å². The Morgan fingerprint density at radius 1 is 0.462 bits per heavy atom. The molecule has 2 amide bonds. The average Bonchev–Trinajstić information content (AvgIpc) is 3.40. The quantitative estimate of drug-likeness (QED) is 0.0554. The molecule has 0 fully saturated rings. The summed E-state index contributed by atoms with van der Waals surface area (Å²) in [5, 5.41) is 0. The summed E-state index contributed by atoms with van der Waals surface area (Å²) in [6, 6.07) is 6.81. The minimum Gasteiger partial charge on any atom is -0.463 e. The van der Waals surface area contributed by atoms with Crippen molar-refractivity contribution in [3.05, 3.63) is 35.4 Å². The van der Waals surface area contributed by atoms with Crippen molar-refractivity contribution in [1.82, 2.24) is 4.90 Å². The maximum absolute atomic E-state index is 12.3. The highest BCUT2D eigenvalue weighted by Gasteiger charge is 2.34. The third-order valence-corrected chi connectivity index (χ3v) is 7.41. The van der Waals surface area contributed by atoms with Crippen LogP contribution in [0.25, 0.3) is 0 Å². The molecule has 0 unspecified atom stereocenters. The number of unbranched alkanes of at least 4 members (excludes halogenated alkanes) is 3. The van der Waals surface area contributed by atoms with E-state index in [9.17, 15) is 14.4 Å². The predicted octanol–water partition coefficient (Wildman–Crippen LogP) is 2.96. The van der Waals surface area contributed by atoms with Gasteiger partial charge in [-0.2, -0.15) is 0 Å². The maximum Gasteiger partial charge on any atom is 0.305 e. The number of rotatable bonds is 38. The zero-order valence-electron chi connectivity index (χ0n) is 31.1. The van der Waals surface area contributed by atoms with Crippen molar-refractivity contribution in [3.8, 4) is 0 Å². The smallest absolute Gasteiger partial charge is 0.305 e. The van der Waals surface area contributed by atoms with Crippen LogP contribution in [0.1, 0.15) is 59.7 Å². The SMILES string of the molecule is CCCCCCC(=O)OCCOCCOCCOCCOCCOCCOCCOCCOCCOCCOCCN1C(=O)c2ccccc2C1=O. The van der Waals surface area contributed by atoms with Gasteiger partial charge in [-0.05, 0) is 18.6 Å². The Bertz CT molecular complexity index is 1010. The topological polar surface area (TPSA) is 156 Å². The molecule has 0 radical (unpaired) electrons. The third kappa shape index (κ3) is 23.2. The fourth-order valence-corrected chi connectivity index (χ4v) is 4.66. The van der Waals surface area contributed by atoms with Gasteiger partial charge in [0, 0.05) is 6.42 Å². The summed E-state index contributed by atoms with van der Waals surface area (Å²) in [7, 11) is 0. The second-order valence-electron chi connectivity index (χ2n) is 11.5. The molecule has 2 rings (SSSR count). The minimum absolute atomic E-state index is 0.159. The number of imide groups is 1. The molecule has 15 nitrogen and oxygen atoms in total. The number of benzene rings is 1. The fraction of sp³-hybridized carbons (Fsp3) is 0.757. The molecule has 0 aliphatic carbocycles. The Morgan fingerprint density at radius 2 is 0.788 bits per heavy atom. The van der Waals surface area contributed by atoms with Gasteiger partial charge in [0.1, 0.15) is 6.61 Å². The first kappa shape index (κ1) is 45.6. The van der Waals surface area contributed by atoms with Gasteiger partial charge in [0.25, 0.3) is 11.8 Å². The van der Waals surface area contributed by atoms with E-state index in [2.05, 4.69) is 6.92 Å². The number of carbonyl (C=O) groups excluding carboxylic acids is 3. The first-order chi connectivity index (χ1) is 25.6. The maximum atomic E-state index is 12.3. The monoisotopic (exact) mass is 743 g/mol. The molecule has 1 aromatic rings. The van der Waals surface area contributed by atoms with Crippen molar-refractivity contribution in [1.29, 1.82) is 0 Å². The van der Waals surface area contributed by atoms with Crippen LogP contribution in [0.4, 0.5) is 0 Å². The van der Waals surface area contributed by atoms with E-state index in [4.69, 9.17) is 52.1 Å². The Labute approximate surface area is 308 Å². The minimum atomic E-state index is -0.280. The molecule has 1 aromatic carbocycles. The highest BCUT2D eigenvalue weighted by atomic mass is 16.6. The van der Waals surface area contributed by atoms with Crippen molar-refractivity contribution in [2.45, 2.75) is 39.0 Å². The van der Waals surface area contributed by atoms with Crippen LogP contribution in [0.15, 0.2) is 24.3 Å². The molecule has 1 aliphatic heterocycles. The van der Waals surface area contributed by atoms with Gasteiger partial charge in [0.15, 0.2) is 0 Å². The standard InChI is InChI=1S/C37H61NO14/c1-2-3-4-5-10-35(39)52-32-31-51-30-29-50-28-27-49-26-25-48-24-23-47-22-21-46-20-19-45-18-17-44-16-15-43-14-13-42-12-11-38-36(40)33-8-6-7-9-34(33)37(38)41/h6-9H,2-5,10-32H2,1H3. The number of amides is 2. The highest BCUT2D eigenvalue weighted by molar-refractivity contribution is 6.21. The van der Waals surface area contributed by atoms with Crippen LogP contribution < -0.4 is 0 Å². The first-order valence-corrected chi connectivity index (χ1v) is 18.5. The van der Waals surface area contributed by atoms with Gasteiger partial charge in [0.2, 0.25) is 0 Å². The van der Waals surface area contributed by atoms with E-state index in [0.29, 0.717) is 143 Å². The largest absolute Gasteiger partial charge is 0.463 e. The zero-order valence-corrected chi connectivity index (χ0v) is 31.1. The molecule has 298 valence electrons. The van der Waals surface area contributed by atoms with Gasteiger partial charge in [-0.25, -0.2) is 0 Å². The van der Waals surface area contributed by atoms with Crippen LogP contribution in [0.3, 0.4) is 0 Å². The number of nitrogens with zero attached hydrogens (tertiary/aromatic N) is 1. The van der Waals surface area contributed by atoms with Gasteiger partial charge in [0.05, 0.1) is 150 Å². The van der Waals surface area contributed by atoms with Gasteiger partial charge in [-0.3, -0.25) is 19.3 Å². The number of esters is 1. The molecule has 0 spiro atoms. The van der Waals surface area contributed by atoms with Gasteiger partial charge >= 0.3 is 5.97 Å². The molecule has 0 N–H and O–H groups in total. The lowest BCUT2D eigenvalue weighted by Gasteiger charge is -2.13. The van der Waals surface area contributed by atoms with Crippen molar-refractivity contribution in [2.75, 3.05) is 145 Å². The van der Waals surface area contributed by atoms with Crippen molar-refractivity contribution < 1.29 is 66.5 Å². The van der Waals surface area contributed by atoms with Gasteiger partial charge in [-0.15, -0.1) is 0 Å². The molecule has 0 aromatic heterocycles. The second-order valence-corrected chi connectivity index (χ2v) is 11.5. The lowest BCUT2D eigenvalue weighted by Crippen LogP contribution is -2.33. The molecule has 1 heterocycles. The number of fused-ring (bicyclic) bond motifs is 1. The van der Waals surface area contributed by atoms with Crippen molar-refractivity contribution in [2.24, 2.45) is 0 Å². The van der Waals surface area contributed by atoms with E-state index >= 15 is 0 Å². The third-order valence-electron chi connectivity index (χ3n) is 7.41. The zero-order chi connectivity index (χ0) is 37.2. The molecule has 15 heteroatoms. The van der Waals surface area contributed by atoms with Crippen LogP contribution in [0, 0.1) is 0 Å². The summed E-state index contributed by atoms with van der Waals surface area (Å²) in [4.78, 5) is 37.4. The Hall–Kier alpha value is -2.57. The lowest BCUT2D eigenvalue weighted by molar-refractivity contribution is -0.145. The van der Waals surface area contributed by atoms with Gasteiger partial charge < -0.3 is 52.1 Å². The summed E-state index contributed by atoms with van der Waals surface area (Å²) < 4.78 is 59.8. The molecule has 0 atom stereocenters. The molecule has 0 bridgehead atoms. The van der Waals surface area contributed by atoms with E-state index in [1.165, 1.54) is 4.90 Å². The van der Waals surface area contributed by atoms with Crippen molar-refractivity contribution in [3.63, 3.8) is 0 Å². The highest BCUT2D eigenvalue weighted by Crippen LogP contribution is 2.21. The van der Waals surface area contributed by atoms with Gasteiger partial charge in [-0.1, -0.05) is 38.3 Å². The first-order valence-electron chi connectivity index (χ1n) is 18.5. The summed E-state index contributed by atoms with van der Waals surface area (Å²) >= 11 is 0. The normalized spacial score (nSPS) is 12.6. The average molecular weight is 744 g/mol. The summed E-state index contributed by atoms with van der Waals surface area (Å²) in [6.45, 7) is 11.5. The number of ether oxygens (including phenoxy) is 11. The number of carbonyl (C=O) groups is 3. The Kier molecular flexibility index (Phi) is 29.0. The van der Waals surface area contributed by atoms with Crippen LogP contribution in [0.5, 0.6) is 0 Å². The lowest BCUT2D eigenvalue weighted by atomic mass is 10.1. The van der Waals surface area contributed by atoms with Crippen LogP contribution in [-0.2, 0) is 56.9 Å². The molecule has 0 saturated carbocycles. The Morgan fingerprint density at radius 3 is 1.13 bits per heavy atom. The van der Waals surface area contributed by atoms with Crippen LogP contribution in [-0.4, -0.2) is 168 Å².